The number of benzene rings is 1. The highest BCUT2D eigenvalue weighted by molar-refractivity contribution is 5.58. The molecule has 0 saturated heterocycles. The lowest BCUT2D eigenvalue weighted by molar-refractivity contribution is 0.142. The topological polar surface area (TPSA) is 56.0 Å². The first-order chi connectivity index (χ1) is 8.71. The van der Waals surface area contributed by atoms with Crippen molar-refractivity contribution in [3.63, 3.8) is 0 Å². The van der Waals surface area contributed by atoms with Crippen molar-refractivity contribution in [3.05, 3.63) is 29.6 Å². The smallest absolute Gasteiger partial charge is 0.143 e. The van der Waals surface area contributed by atoms with Gasteiger partial charge in [-0.2, -0.15) is 5.26 Å². The third-order valence-corrected chi connectivity index (χ3v) is 3.78. The van der Waals surface area contributed by atoms with E-state index in [0.717, 1.165) is 25.7 Å². The van der Waals surface area contributed by atoms with Gasteiger partial charge in [0.15, 0.2) is 0 Å². The standard InChI is InChI=1S/C14H17FN2O/c15-12-4-3-5-13(11(12)8-16)17-9-14(10-18)6-1-2-7-14/h3-5,17-18H,1-2,6-7,9-10H2. The van der Waals surface area contributed by atoms with E-state index in [0.29, 0.717) is 12.2 Å². The highest BCUT2D eigenvalue weighted by Gasteiger charge is 2.33. The van der Waals surface area contributed by atoms with Gasteiger partial charge in [-0.25, -0.2) is 4.39 Å². The van der Waals surface area contributed by atoms with Crippen molar-refractivity contribution in [2.75, 3.05) is 18.5 Å². The molecule has 0 radical (unpaired) electrons. The SMILES string of the molecule is N#Cc1c(F)cccc1NCC1(CO)CCCC1. The van der Waals surface area contributed by atoms with E-state index < -0.39 is 5.82 Å². The molecule has 0 bridgehead atoms. The molecule has 0 amide bonds. The normalized spacial score (nSPS) is 17.4. The highest BCUT2D eigenvalue weighted by Crippen LogP contribution is 2.37. The van der Waals surface area contributed by atoms with E-state index in [-0.39, 0.29) is 17.6 Å². The average Bonchev–Trinajstić information content (AvgIpc) is 2.86. The lowest BCUT2D eigenvalue weighted by atomic mass is 9.87. The second-order valence-electron chi connectivity index (χ2n) is 4.99. The van der Waals surface area contributed by atoms with Gasteiger partial charge in [-0.05, 0) is 25.0 Å². The first-order valence-electron chi connectivity index (χ1n) is 6.24. The summed E-state index contributed by atoms with van der Waals surface area (Å²) in [5.74, 6) is -0.507. The van der Waals surface area contributed by atoms with Crippen LogP contribution in [0, 0.1) is 22.6 Å². The van der Waals surface area contributed by atoms with Crippen LogP contribution in [0.5, 0.6) is 0 Å². The molecule has 0 aliphatic heterocycles. The zero-order chi connectivity index (χ0) is 13.0. The third-order valence-electron chi connectivity index (χ3n) is 3.78. The predicted molar refractivity (Wildman–Crippen MR) is 67.6 cm³/mol. The van der Waals surface area contributed by atoms with Crippen molar-refractivity contribution in [2.24, 2.45) is 5.41 Å². The van der Waals surface area contributed by atoms with E-state index in [2.05, 4.69) is 5.32 Å². The summed E-state index contributed by atoms with van der Waals surface area (Å²) in [7, 11) is 0. The fraction of sp³-hybridized carbons (Fsp3) is 0.500. The second kappa shape index (κ2) is 5.36. The van der Waals surface area contributed by atoms with Crippen LogP contribution in [0.15, 0.2) is 18.2 Å². The van der Waals surface area contributed by atoms with Crippen molar-refractivity contribution in [1.29, 1.82) is 5.26 Å². The van der Waals surface area contributed by atoms with Gasteiger partial charge >= 0.3 is 0 Å². The largest absolute Gasteiger partial charge is 0.396 e. The molecule has 4 heteroatoms. The number of nitrogens with one attached hydrogen (secondary N) is 1. The van der Waals surface area contributed by atoms with E-state index in [1.54, 1.807) is 12.1 Å². The number of anilines is 1. The van der Waals surface area contributed by atoms with Crippen LogP contribution in [0.25, 0.3) is 0 Å². The van der Waals surface area contributed by atoms with Gasteiger partial charge in [-0.15, -0.1) is 0 Å². The zero-order valence-electron chi connectivity index (χ0n) is 10.2. The molecule has 2 rings (SSSR count). The van der Waals surface area contributed by atoms with Gasteiger partial charge in [0.25, 0.3) is 0 Å². The Bertz CT molecular complexity index is 461. The predicted octanol–water partition coefficient (Wildman–Crippen LogP) is 2.66. The van der Waals surface area contributed by atoms with E-state index in [1.165, 1.54) is 6.07 Å². The Labute approximate surface area is 106 Å². The molecule has 0 heterocycles. The molecule has 18 heavy (non-hydrogen) atoms. The van der Waals surface area contributed by atoms with Gasteiger partial charge in [0.05, 0.1) is 12.3 Å². The minimum atomic E-state index is -0.507. The molecule has 3 nitrogen and oxygen atoms in total. The van der Waals surface area contributed by atoms with Crippen molar-refractivity contribution < 1.29 is 9.50 Å². The van der Waals surface area contributed by atoms with Crippen LogP contribution in [0.3, 0.4) is 0 Å². The first kappa shape index (κ1) is 12.8. The summed E-state index contributed by atoms with van der Waals surface area (Å²) in [5, 5.41) is 21.5. The lowest BCUT2D eigenvalue weighted by Gasteiger charge is -2.27. The fourth-order valence-electron chi connectivity index (χ4n) is 2.58. The van der Waals surface area contributed by atoms with Gasteiger partial charge in [0.2, 0.25) is 0 Å². The number of halogens is 1. The number of aliphatic hydroxyl groups excluding tert-OH is 1. The molecule has 0 atom stereocenters. The Balaban J connectivity index is 2.11. The summed E-state index contributed by atoms with van der Waals surface area (Å²) in [6, 6.07) is 6.43. The van der Waals surface area contributed by atoms with E-state index in [4.69, 9.17) is 5.26 Å². The summed E-state index contributed by atoms with van der Waals surface area (Å²) in [5.41, 5.74) is 0.444. The number of aliphatic hydroxyl groups is 1. The molecule has 0 spiro atoms. The molecule has 1 aromatic rings. The van der Waals surface area contributed by atoms with Gasteiger partial charge in [0, 0.05) is 12.0 Å². The minimum Gasteiger partial charge on any atom is -0.396 e. The molecule has 2 N–H and O–H groups in total. The van der Waals surface area contributed by atoms with Crippen LogP contribution in [-0.2, 0) is 0 Å². The summed E-state index contributed by atoms with van der Waals surface area (Å²) in [6.45, 7) is 0.721. The van der Waals surface area contributed by atoms with Gasteiger partial charge in [-0.1, -0.05) is 18.9 Å². The maximum absolute atomic E-state index is 13.4. The molecule has 1 saturated carbocycles. The van der Waals surface area contributed by atoms with E-state index >= 15 is 0 Å². The van der Waals surface area contributed by atoms with E-state index in [9.17, 15) is 9.50 Å². The molecule has 1 aromatic carbocycles. The number of rotatable bonds is 4. The minimum absolute atomic E-state index is 0.0450. The second-order valence-corrected chi connectivity index (χ2v) is 4.99. The average molecular weight is 248 g/mol. The van der Waals surface area contributed by atoms with Crippen LogP contribution >= 0.6 is 0 Å². The van der Waals surface area contributed by atoms with Crippen LogP contribution in [-0.4, -0.2) is 18.3 Å². The number of nitriles is 1. The lowest BCUT2D eigenvalue weighted by Crippen LogP contribution is -2.30. The monoisotopic (exact) mass is 248 g/mol. The molecule has 96 valence electrons. The van der Waals surface area contributed by atoms with Crippen LogP contribution in [0.1, 0.15) is 31.2 Å². The Morgan fingerprint density at radius 1 is 1.39 bits per heavy atom. The Morgan fingerprint density at radius 3 is 2.72 bits per heavy atom. The van der Waals surface area contributed by atoms with Crippen molar-refractivity contribution in [3.8, 4) is 6.07 Å². The summed E-state index contributed by atoms with van der Waals surface area (Å²) in [6.07, 6.45) is 4.20. The third kappa shape index (κ3) is 2.46. The first-order valence-corrected chi connectivity index (χ1v) is 6.24. The number of hydrogen-bond acceptors (Lipinski definition) is 3. The number of nitrogens with zero attached hydrogens (tertiary/aromatic N) is 1. The molecule has 1 aliphatic rings. The van der Waals surface area contributed by atoms with Crippen LogP contribution < -0.4 is 5.32 Å². The number of hydrogen-bond donors (Lipinski definition) is 2. The molecule has 0 unspecified atom stereocenters. The van der Waals surface area contributed by atoms with Gasteiger partial charge in [0.1, 0.15) is 17.4 Å². The maximum atomic E-state index is 13.4. The Morgan fingerprint density at radius 2 is 2.11 bits per heavy atom. The van der Waals surface area contributed by atoms with Crippen LogP contribution in [0.2, 0.25) is 0 Å². The van der Waals surface area contributed by atoms with Crippen molar-refractivity contribution in [1.82, 2.24) is 0 Å². The van der Waals surface area contributed by atoms with Gasteiger partial charge < -0.3 is 10.4 Å². The molecule has 1 fully saturated rings. The zero-order valence-corrected chi connectivity index (χ0v) is 10.2. The molecule has 1 aliphatic carbocycles. The van der Waals surface area contributed by atoms with Crippen molar-refractivity contribution >= 4 is 5.69 Å². The Kier molecular flexibility index (Phi) is 3.83. The highest BCUT2D eigenvalue weighted by atomic mass is 19.1. The summed E-state index contributed by atoms with van der Waals surface area (Å²) < 4.78 is 13.4. The summed E-state index contributed by atoms with van der Waals surface area (Å²) in [4.78, 5) is 0. The molecule has 0 aromatic heterocycles. The van der Waals surface area contributed by atoms with Gasteiger partial charge in [-0.3, -0.25) is 0 Å². The van der Waals surface area contributed by atoms with E-state index in [1.807, 2.05) is 6.07 Å². The fourth-order valence-corrected chi connectivity index (χ4v) is 2.58. The Hall–Kier alpha value is -1.60. The van der Waals surface area contributed by atoms with Crippen molar-refractivity contribution in [2.45, 2.75) is 25.7 Å². The van der Waals surface area contributed by atoms with Crippen LogP contribution in [0.4, 0.5) is 10.1 Å². The summed E-state index contributed by atoms with van der Waals surface area (Å²) >= 11 is 0. The maximum Gasteiger partial charge on any atom is 0.143 e. The quantitative estimate of drug-likeness (QED) is 0.861. The molecular formula is C14H17FN2O. The molecular weight excluding hydrogens is 231 g/mol.